The Bertz CT molecular complexity index is 1160. The lowest BCUT2D eigenvalue weighted by Crippen LogP contribution is -2.20. The minimum atomic E-state index is -0.365. The summed E-state index contributed by atoms with van der Waals surface area (Å²) in [6.07, 6.45) is 1.44. The van der Waals surface area contributed by atoms with Crippen molar-refractivity contribution < 1.29 is 8.78 Å². The van der Waals surface area contributed by atoms with Gasteiger partial charge in [-0.1, -0.05) is 0 Å². The molecule has 0 fully saturated rings. The molecule has 9 heteroatoms. The van der Waals surface area contributed by atoms with Crippen LogP contribution in [0.3, 0.4) is 0 Å². The average molecular weight is 412 g/mol. The Balaban J connectivity index is 1.84. The Morgan fingerprint density at radius 1 is 0.966 bits per heavy atom. The lowest BCUT2D eigenvalue weighted by atomic mass is 10.2. The van der Waals surface area contributed by atoms with Gasteiger partial charge in [0.1, 0.15) is 23.0 Å². The Morgan fingerprint density at radius 2 is 1.69 bits per heavy atom. The van der Waals surface area contributed by atoms with E-state index in [0.29, 0.717) is 26.9 Å². The first-order valence-electron chi connectivity index (χ1n) is 8.90. The van der Waals surface area contributed by atoms with Gasteiger partial charge in [-0.05, 0) is 75.2 Å². The van der Waals surface area contributed by atoms with Gasteiger partial charge in [-0.2, -0.15) is 0 Å². The summed E-state index contributed by atoms with van der Waals surface area (Å²) >= 11 is 1.26. The zero-order chi connectivity index (χ0) is 20.5. The molecule has 0 aliphatic carbocycles. The molecule has 0 aliphatic heterocycles. The minimum absolute atomic E-state index is 0.0403. The summed E-state index contributed by atoms with van der Waals surface area (Å²) in [6.45, 7) is 2.01. The van der Waals surface area contributed by atoms with Crippen LogP contribution >= 0.6 is 11.8 Å². The van der Waals surface area contributed by atoms with E-state index >= 15 is 0 Å². The van der Waals surface area contributed by atoms with Crippen molar-refractivity contribution in [2.75, 3.05) is 14.1 Å². The van der Waals surface area contributed by atoms with Gasteiger partial charge < -0.3 is 0 Å². The van der Waals surface area contributed by atoms with Crippen LogP contribution in [-0.4, -0.2) is 43.7 Å². The van der Waals surface area contributed by atoms with Crippen LogP contribution in [0.5, 0.6) is 0 Å². The molecule has 1 unspecified atom stereocenters. The maximum atomic E-state index is 13.8. The number of nitrogens with zero attached hydrogens (tertiary/aromatic N) is 6. The minimum Gasteiger partial charge on any atom is -0.300 e. The summed E-state index contributed by atoms with van der Waals surface area (Å²) in [5.41, 5.74) is 1.37. The van der Waals surface area contributed by atoms with E-state index in [-0.39, 0.29) is 17.7 Å². The van der Waals surface area contributed by atoms with Crippen LogP contribution in [0.4, 0.5) is 8.78 Å². The number of rotatable bonds is 5. The third-order valence-electron chi connectivity index (χ3n) is 4.64. The number of aromatic nitrogens is 5. The highest BCUT2D eigenvalue weighted by molar-refractivity contribution is 7.99. The molecule has 0 aliphatic rings. The molecule has 2 heterocycles. The van der Waals surface area contributed by atoms with Crippen LogP contribution in [0, 0.1) is 11.6 Å². The van der Waals surface area contributed by atoms with Crippen LogP contribution in [0.2, 0.25) is 0 Å². The van der Waals surface area contributed by atoms with E-state index in [2.05, 4.69) is 20.2 Å². The molecule has 4 rings (SSSR count). The van der Waals surface area contributed by atoms with Gasteiger partial charge in [0.2, 0.25) is 5.16 Å². The van der Waals surface area contributed by atoms with Crippen molar-refractivity contribution in [3.63, 3.8) is 0 Å². The molecule has 29 heavy (non-hydrogen) atoms. The van der Waals surface area contributed by atoms with E-state index in [0.717, 1.165) is 5.69 Å². The number of hydrogen-bond acceptors (Lipinski definition) is 6. The fourth-order valence-electron chi connectivity index (χ4n) is 2.85. The first kappa shape index (κ1) is 19.4. The SMILES string of the molecule is CC(c1nnc(Sc2ncnc3ccc(F)cc23)n1-c1ccc(F)cc1)N(C)C. The van der Waals surface area contributed by atoms with Crippen molar-refractivity contribution in [2.24, 2.45) is 0 Å². The average Bonchev–Trinajstić information content (AvgIpc) is 3.11. The van der Waals surface area contributed by atoms with Crippen molar-refractivity contribution in [3.8, 4) is 5.69 Å². The zero-order valence-corrected chi connectivity index (χ0v) is 16.9. The Hall–Kier alpha value is -2.91. The van der Waals surface area contributed by atoms with Crippen molar-refractivity contribution >= 4 is 22.7 Å². The van der Waals surface area contributed by atoms with Gasteiger partial charge in [0, 0.05) is 11.1 Å². The predicted molar refractivity (Wildman–Crippen MR) is 107 cm³/mol. The van der Waals surface area contributed by atoms with Crippen LogP contribution in [0.15, 0.2) is 59.0 Å². The Labute approximate surface area is 170 Å². The summed E-state index contributed by atoms with van der Waals surface area (Å²) in [5, 5.41) is 10.4. The molecule has 0 radical (unpaired) electrons. The van der Waals surface area contributed by atoms with Crippen LogP contribution < -0.4 is 0 Å². The first-order chi connectivity index (χ1) is 13.9. The van der Waals surface area contributed by atoms with Gasteiger partial charge >= 0.3 is 0 Å². The smallest absolute Gasteiger partial charge is 0.202 e. The highest BCUT2D eigenvalue weighted by Crippen LogP contribution is 2.33. The van der Waals surface area contributed by atoms with Crippen molar-refractivity contribution in [3.05, 3.63) is 66.3 Å². The zero-order valence-electron chi connectivity index (χ0n) is 16.0. The van der Waals surface area contributed by atoms with Gasteiger partial charge in [0.25, 0.3) is 0 Å². The molecule has 0 saturated carbocycles. The fraction of sp³-hybridized carbons (Fsp3) is 0.200. The van der Waals surface area contributed by atoms with Gasteiger partial charge in [-0.25, -0.2) is 18.7 Å². The second kappa shape index (κ2) is 7.84. The second-order valence-electron chi connectivity index (χ2n) is 6.73. The largest absolute Gasteiger partial charge is 0.300 e. The summed E-state index contributed by atoms with van der Waals surface area (Å²) in [6, 6.07) is 10.5. The normalized spacial score (nSPS) is 12.6. The molecule has 2 aromatic heterocycles. The standard InChI is InChI=1S/C20H18F2N6S/c1-12(27(2)3)18-25-26-20(28(18)15-7-4-13(21)5-8-15)29-19-16-10-14(22)6-9-17(16)23-11-24-19/h4-12H,1-3H3. The molecule has 6 nitrogen and oxygen atoms in total. The van der Waals surface area contributed by atoms with Crippen LogP contribution in [-0.2, 0) is 0 Å². The number of hydrogen-bond donors (Lipinski definition) is 0. The van der Waals surface area contributed by atoms with Crippen molar-refractivity contribution in [1.29, 1.82) is 0 Å². The predicted octanol–water partition coefficient (Wildman–Crippen LogP) is 4.26. The van der Waals surface area contributed by atoms with Gasteiger partial charge in [0.05, 0.1) is 11.6 Å². The molecule has 2 aromatic carbocycles. The van der Waals surface area contributed by atoms with Gasteiger partial charge in [0.15, 0.2) is 5.82 Å². The molecule has 0 amide bonds. The molecule has 0 N–H and O–H groups in total. The third-order valence-corrected chi connectivity index (χ3v) is 5.61. The number of halogens is 2. The lowest BCUT2D eigenvalue weighted by molar-refractivity contribution is 0.305. The monoisotopic (exact) mass is 412 g/mol. The second-order valence-corrected chi connectivity index (χ2v) is 7.69. The van der Waals surface area contributed by atoms with E-state index in [4.69, 9.17) is 0 Å². The first-order valence-corrected chi connectivity index (χ1v) is 9.71. The molecular formula is C20H18F2N6S. The topological polar surface area (TPSA) is 59.7 Å². The summed E-state index contributed by atoms with van der Waals surface area (Å²) in [7, 11) is 3.89. The Kier molecular flexibility index (Phi) is 5.25. The van der Waals surface area contributed by atoms with Crippen LogP contribution in [0.25, 0.3) is 16.6 Å². The molecular weight excluding hydrogens is 394 g/mol. The van der Waals surface area contributed by atoms with Gasteiger partial charge in [-0.3, -0.25) is 9.47 Å². The van der Waals surface area contributed by atoms with Gasteiger partial charge in [-0.15, -0.1) is 10.2 Å². The van der Waals surface area contributed by atoms with E-state index in [1.54, 1.807) is 18.2 Å². The van der Waals surface area contributed by atoms with E-state index in [9.17, 15) is 8.78 Å². The fourth-order valence-corrected chi connectivity index (χ4v) is 3.77. The molecule has 4 aromatic rings. The Morgan fingerprint density at radius 3 is 2.41 bits per heavy atom. The summed E-state index contributed by atoms with van der Waals surface area (Å²) < 4.78 is 29.1. The number of benzene rings is 2. The molecule has 148 valence electrons. The third kappa shape index (κ3) is 3.83. The highest BCUT2D eigenvalue weighted by atomic mass is 32.2. The molecule has 1 atom stereocenters. The lowest BCUT2D eigenvalue weighted by Gasteiger charge is -2.20. The van der Waals surface area contributed by atoms with E-state index in [1.165, 1.54) is 42.4 Å². The maximum Gasteiger partial charge on any atom is 0.202 e. The summed E-state index contributed by atoms with van der Waals surface area (Å²) in [5.74, 6) is 0.0141. The highest BCUT2D eigenvalue weighted by Gasteiger charge is 2.22. The van der Waals surface area contributed by atoms with E-state index in [1.807, 2.05) is 30.5 Å². The molecule has 0 bridgehead atoms. The van der Waals surface area contributed by atoms with Crippen molar-refractivity contribution in [2.45, 2.75) is 23.1 Å². The van der Waals surface area contributed by atoms with Crippen LogP contribution in [0.1, 0.15) is 18.8 Å². The molecule has 0 saturated heterocycles. The van der Waals surface area contributed by atoms with Crippen molar-refractivity contribution in [1.82, 2.24) is 29.6 Å². The molecule has 0 spiro atoms. The maximum absolute atomic E-state index is 13.8. The number of fused-ring (bicyclic) bond motifs is 1. The van der Waals surface area contributed by atoms with E-state index < -0.39 is 0 Å². The quantitative estimate of drug-likeness (QED) is 0.457. The summed E-state index contributed by atoms with van der Waals surface area (Å²) in [4.78, 5) is 10.5.